The zero-order chi connectivity index (χ0) is 21.3. The van der Waals surface area contributed by atoms with E-state index in [9.17, 15) is 9.59 Å². The molecule has 3 aromatic rings. The molecule has 1 atom stereocenters. The van der Waals surface area contributed by atoms with Crippen LogP contribution in [0.25, 0.3) is 0 Å². The Morgan fingerprint density at radius 3 is 2.43 bits per heavy atom. The number of hydrogen-bond acceptors (Lipinski definition) is 7. The van der Waals surface area contributed by atoms with E-state index in [1.165, 1.54) is 0 Å². The van der Waals surface area contributed by atoms with Crippen LogP contribution in [0.4, 0.5) is 17.1 Å². The van der Waals surface area contributed by atoms with Crippen LogP contribution in [0.2, 0.25) is 5.02 Å². The van der Waals surface area contributed by atoms with Crippen LogP contribution in [0.15, 0.2) is 56.7 Å². The second-order valence-electron chi connectivity index (χ2n) is 7.71. The van der Waals surface area contributed by atoms with Gasteiger partial charge in [0.25, 0.3) is 10.9 Å². The third-order valence-electron chi connectivity index (χ3n) is 5.62. The number of benzene rings is 1. The maximum atomic E-state index is 12.3. The Balaban J connectivity index is 1.43. The van der Waals surface area contributed by atoms with Crippen molar-refractivity contribution in [3.8, 4) is 0 Å². The van der Waals surface area contributed by atoms with Crippen molar-refractivity contribution in [3.63, 3.8) is 0 Å². The minimum atomic E-state index is -0.445. The molecule has 7 nitrogen and oxygen atoms in total. The Hall–Kier alpha value is -2.77. The molecule has 8 heteroatoms. The van der Waals surface area contributed by atoms with Gasteiger partial charge >= 0.3 is 0 Å². The number of likely N-dealkylation sites (N-methyl/N-ethyl adjacent to an activating group) is 1. The summed E-state index contributed by atoms with van der Waals surface area (Å²) >= 11 is 6.10. The maximum absolute atomic E-state index is 12.3. The van der Waals surface area contributed by atoms with Gasteiger partial charge in [-0.3, -0.25) is 14.5 Å². The molecule has 158 valence electrons. The van der Waals surface area contributed by atoms with Crippen molar-refractivity contribution in [2.45, 2.75) is 6.04 Å². The lowest BCUT2D eigenvalue weighted by Crippen LogP contribution is -2.51. The van der Waals surface area contributed by atoms with E-state index in [1.54, 1.807) is 6.26 Å². The summed E-state index contributed by atoms with van der Waals surface area (Å²) in [5, 5.41) is 3.91. The Kier molecular flexibility index (Phi) is 5.83. The molecule has 0 unspecified atom stereocenters. The SMILES string of the molecule is CN(C)[C@H](CNc1c(N2CCN(c3cccc(Cl)c3)CC2)c(=O)c1=O)c1ccco1. The summed E-state index contributed by atoms with van der Waals surface area (Å²) in [6.45, 7) is 3.32. The molecule has 0 saturated carbocycles. The minimum absolute atomic E-state index is 0.0445. The number of anilines is 3. The molecule has 0 spiro atoms. The minimum Gasteiger partial charge on any atom is -0.468 e. The van der Waals surface area contributed by atoms with Gasteiger partial charge in [0.05, 0.1) is 12.3 Å². The van der Waals surface area contributed by atoms with Gasteiger partial charge in [0.15, 0.2) is 0 Å². The monoisotopic (exact) mass is 428 g/mol. The largest absolute Gasteiger partial charge is 0.468 e. The molecule has 0 aliphatic carbocycles. The Morgan fingerprint density at radius 1 is 1.07 bits per heavy atom. The molecule has 0 amide bonds. The van der Waals surface area contributed by atoms with Crippen molar-refractivity contribution in [1.82, 2.24) is 4.90 Å². The fourth-order valence-corrected chi connectivity index (χ4v) is 4.11. The number of piperazine rings is 1. The molecule has 0 radical (unpaired) electrons. The second-order valence-corrected chi connectivity index (χ2v) is 8.15. The van der Waals surface area contributed by atoms with E-state index in [-0.39, 0.29) is 6.04 Å². The highest BCUT2D eigenvalue weighted by Crippen LogP contribution is 2.26. The van der Waals surface area contributed by atoms with Crippen molar-refractivity contribution in [3.05, 3.63) is 73.9 Å². The number of nitrogens with one attached hydrogen (secondary N) is 1. The number of rotatable bonds is 7. The summed E-state index contributed by atoms with van der Waals surface area (Å²) in [4.78, 5) is 30.8. The van der Waals surface area contributed by atoms with Crippen LogP contribution in [0, 0.1) is 0 Å². The molecular formula is C22H25ClN4O3. The summed E-state index contributed by atoms with van der Waals surface area (Å²) in [7, 11) is 3.90. The second kappa shape index (κ2) is 8.53. The lowest BCUT2D eigenvalue weighted by atomic mass is 10.1. The first-order valence-corrected chi connectivity index (χ1v) is 10.4. The number of hydrogen-bond donors (Lipinski definition) is 1. The highest BCUT2D eigenvalue weighted by atomic mass is 35.5. The smallest absolute Gasteiger partial charge is 0.253 e. The van der Waals surface area contributed by atoms with Gasteiger partial charge < -0.3 is 19.5 Å². The van der Waals surface area contributed by atoms with E-state index in [1.807, 2.05) is 60.3 Å². The molecule has 30 heavy (non-hydrogen) atoms. The predicted octanol–water partition coefficient (Wildman–Crippen LogP) is 2.57. The van der Waals surface area contributed by atoms with Gasteiger partial charge in [-0.1, -0.05) is 17.7 Å². The highest BCUT2D eigenvalue weighted by molar-refractivity contribution is 6.30. The first-order valence-electron chi connectivity index (χ1n) is 9.98. The normalized spacial score (nSPS) is 15.7. The third kappa shape index (κ3) is 3.95. The van der Waals surface area contributed by atoms with Crippen LogP contribution in [0.3, 0.4) is 0 Å². The van der Waals surface area contributed by atoms with E-state index < -0.39 is 10.9 Å². The number of furan rings is 1. The molecule has 1 aliphatic heterocycles. The Labute approximate surface area is 180 Å². The number of halogens is 1. The molecule has 2 aromatic carbocycles. The van der Waals surface area contributed by atoms with Gasteiger partial charge in [0.1, 0.15) is 17.1 Å². The van der Waals surface area contributed by atoms with E-state index in [0.717, 1.165) is 24.5 Å². The molecule has 1 aromatic heterocycles. The van der Waals surface area contributed by atoms with Crippen molar-refractivity contribution in [2.24, 2.45) is 0 Å². The van der Waals surface area contributed by atoms with Gasteiger partial charge in [-0.25, -0.2) is 0 Å². The van der Waals surface area contributed by atoms with Crippen LogP contribution in [-0.2, 0) is 0 Å². The van der Waals surface area contributed by atoms with Gasteiger partial charge in [-0.05, 0) is 44.4 Å². The molecule has 1 aliphatic rings. The molecule has 1 saturated heterocycles. The molecule has 2 heterocycles. The summed E-state index contributed by atoms with van der Waals surface area (Å²) < 4.78 is 5.52. The van der Waals surface area contributed by atoms with E-state index in [4.69, 9.17) is 16.0 Å². The summed E-state index contributed by atoms with van der Waals surface area (Å²) in [5.74, 6) is 0.808. The van der Waals surface area contributed by atoms with Gasteiger partial charge in [0, 0.05) is 43.4 Å². The van der Waals surface area contributed by atoms with Crippen LogP contribution in [-0.4, -0.2) is 51.7 Å². The molecule has 1 fully saturated rings. The third-order valence-corrected chi connectivity index (χ3v) is 5.86. The topological polar surface area (TPSA) is 69.0 Å². The zero-order valence-electron chi connectivity index (χ0n) is 17.1. The maximum Gasteiger partial charge on any atom is 0.253 e. The first kappa shape index (κ1) is 20.5. The lowest BCUT2D eigenvalue weighted by molar-refractivity contribution is 0.269. The van der Waals surface area contributed by atoms with Crippen LogP contribution < -0.4 is 26.0 Å². The fraction of sp³-hybridized carbons (Fsp3) is 0.364. The van der Waals surface area contributed by atoms with Crippen LogP contribution >= 0.6 is 11.6 Å². The lowest BCUT2D eigenvalue weighted by Gasteiger charge is -2.38. The van der Waals surface area contributed by atoms with E-state index >= 15 is 0 Å². The van der Waals surface area contributed by atoms with Crippen molar-refractivity contribution in [1.29, 1.82) is 0 Å². The highest BCUT2D eigenvalue weighted by Gasteiger charge is 2.29. The van der Waals surface area contributed by atoms with Crippen molar-refractivity contribution in [2.75, 3.05) is 61.9 Å². The van der Waals surface area contributed by atoms with Gasteiger partial charge in [-0.15, -0.1) is 0 Å². The molecular weight excluding hydrogens is 404 g/mol. The Morgan fingerprint density at radius 2 is 1.80 bits per heavy atom. The van der Waals surface area contributed by atoms with Crippen LogP contribution in [0.1, 0.15) is 11.8 Å². The molecule has 4 rings (SSSR count). The van der Waals surface area contributed by atoms with Gasteiger partial charge in [-0.2, -0.15) is 0 Å². The number of nitrogens with zero attached hydrogens (tertiary/aromatic N) is 3. The van der Waals surface area contributed by atoms with Crippen molar-refractivity contribution < 1.29 is 4.42 Å². The average molecular weight is 429 g/mol. The quantitative estimate of drug-likeness (QED) is 0.580. The summed E-state index contributed by atoms with van der Waals surface area (Å²) in [6, 6.07) is 11.5. The van der Waals surface area contributed by atoms with Gasteiger partial charge in [0.2, 0.25) is 0 Å². The van der Waals surface area contributed by atoms with Crippen LogP contribution in [0.5, 0.6) is 0 Å². The molecule has 1 N–H and O–H groups in total. The Bertz CT molecular complexity index is 1060. The fourth-order valence-electron chi connectivity index (χ4n) is 3.92. The summed E-state index contributed by atoms with van der Waals surface area (Å²) in [6.07, 6.45) is 1.63. The standard InChI is InChI=1S/C22H25ClN4O3/c1-25(2)17(18-7-4-12-30-18)14-24-19-20(22(29)21(19)28)27-10-8-26(9-11-27)16-6-3-5-15(23)13-16/h3-7,12-13,17,24H,8-11,14H2,1-2H3/t17-/m1/s1. The average Bonchev–Trinajstić information content (AvgIpc) is 3.27. The first-order chi connectivity index (χ1) is 14.5. The molecule has 0 bridgehead atoms. The summed E-state index contributed by atoms with van der Waals surface area (Å²) in [5.41, 5.74) is 1.13. The zero-order valence-corrected chi connectivity index (χ0v) is 17.9. The van der Waals surface area contributed by atoms with E-state index in [2.05, 4.69) is 10.2 Å². The van der Waals surface area contributed by atoms with Crippen molar-refractivity contribution >= 4 is 28.7 Å². The predicted molar refractivity (Wildman–Crippen MR) is 121 cm³/mol. The van der Waals surface area contributed by atoms with E-state index in [0.29, 0.717) is 36.0 Å².